The maximum absolute atomic E-state index is 14.0. The van der Waals surface area contributed by atoms with Crippen molar-refractivity contribution in [2.24, 2.45) is 0 Å². The van der Waals surface area contributed by atoms with Crippen LogP contribution >= 0.6 is 28.3 Å². The van der Waals surface area contributed by atoms with Gasteiger partial charge in [-0.3, -0.25) is 0 Å². The van der Waals surface area contributed by atoms with Gasteiger partial charge in [-0.25, -0.2) is 17.2 Å². The van der Waals surface area contributed by atoms with Crippen LogP contribution in [0, 0.1) is 11.6 Å². The van der Waals surface area contributed by atoms with Gasteiger partial charge in [0.1, 0.15) is 16.5 Å². The van der Waals surface area contributed by atoms with E-state index in [4.69, 9.17) is 0 Å². The third-order valence-electron chi connectivity index (χ3n) is 3.72. The van der Waals surface area contributed by atoms with Gasteiger partial charge in [-0.15, -0.1) is 12.4 Å². The summed E-state index contributed by atoms with van der Waals surface area (Å²) in [6.45, 7) is 3.66. The fourth-order valence-electron chi connectivity index (χ4n) is 2.64. The van der Waals surface area contributed by atoms with Crippen molar-refractivity contribution in [2.45, 2.75) is 37.1 Å². The first-order chi connectivity index (χ1) is 10.4. The minimum absolute atomic E-state index is 0. The summed E-state index contributed by atoms with van der Waals surface area (Å²) in [5.41, 5.74) is 0. The molecule has 0 radical (unpaired) electrons. The van der Waals surface area contributed by atoms with E-state index in [2.05, 4.69) is 21.2 Å². The number of hydrogen-bond donors (Lipinski definition) is 1. The lowest BCUT2D eigenvalue weighted by Crippen LogP contribution is -2.46. The molecular weight excluding hydrogens is 414 g/mol. The molecule has 0 aromatic heterocycles. The first kappa shape index (κ1) is 20.8. The number of nitrogens with zero attached hydrogens (tertiary/aromatic N) is 1. The van der Waals surface area contributed by atoms with Crippen LogP contribution in [0.4, 0.5) is 8.78 Å². The predicted octanol–water partition coefficient (Wildman–Crippen LogP) is 3.30. The standard InChI is InChI=1S/C14H19BrF2N2O2S.ClH/c1-2-7-19(10-3-5-18-6-4-10)22(20,21)14-8-11(15)12(16)9-13(14)17;/h8-10,18H,2-7H2,1H3;1H. The van der Waals surface area contributed by atoms with Crippen LogP contribution in [-0.2, 0) is 10.0 Å². The zero-order chi connectivity index (χ0) is 16.3. The number of halogens is 4. The molecule has 132 valence electrons. The Kier molecular flexibility index (Phi) is 7.86. The van der Waals surface area contributed by atoms with Gasteiger partial charge in [0.15, 0.2) is 0 Å². The number of sulfonamides is 1. The van der Waals surface area contributed by atoms with E-state index in [1.54, 1.807) is 0 Å². The summed E-state index contributed by atoms with van der Waals surface area (Å²) in [5.74, 6) is -1.88. The highest BCUT2D eigenvalue weighted by Gasteiger charge is 2.34. The summed E-state index contributed by atoms with van der Waals surface area (Å²) in [7, 11) is -4.00. The first-order valence-electron chi connectivity index (χ1n) is 7.25. The Morgan fingerprint density at radius 3 is 2.43 bits per heavy atom. The van der Waals surface area contributed by atoms with E-state index in [9.17, 15) is 17.2 Å². The molecule has 4 nitrogen and oxygen atoms in total. The monoisotopic (exact) mass is 432 g/mol. The Bertz CT molecular complexity index is 640. The summed E-state index contributed by atoms with van der Waals surface area (Å²) in [5, 5.41) is 3.18. The lowest BCUT2D eigenvalue weighted by Gasteiger charge is -2.33. The molecule has 0 bridgehead atoms. The van der Waals surface area contributed by atoms with Crippen molar-refractivity contribution in [1.82, 2.24) is 9.62 Å². The molecule has 23 heavy (non-hydrogen) atoms. The topological polar surface area (TPSA) is 49.4 Å². The fraction of sp³-hybridized carbons (Fsp3) is 0.571. The molecule has 1 saturated heterocycles. The molecule has 0 saturated carbocycles. The lowest BCUT2D eigenvalue weighted by molar-refractivity contribution is 0.261. The number of piperidine rings is 1. The van der Waals surface area contributed by atoms with Gasteiger partial charge in [-0.2, -0.15) is 4.31 Å². The van der Waals surface area contributed by atoms with Crippen LogP contribution in [0.25, 0.3) is 0 Å². The molecule has 1 aliphatic heterocycles. The molecule has 2 rings (SSSR count). The molecule has 0 unspecified atom stereocenters. The van der Waals surface area contributed by atoms with E-state index in [1.165, 1.54) is 4.31 Å². The summed E-state index contributed by atoms with van der Waals surface area (Å²) in [6, 6.07) is 1.45. The van der Waals surface area contributed by atoms with Gasteiger partial charge in [-0.05, 0) is 54.3 Å². The minimum Gasteiger partial charge on any atom is -0.317 e. The molecule has 1 aromatic rings. The van der Waals surface area contributed by atoms with Gasteiger partial charge < -0.3 is 5.32 Å². The molecule has 0 atom stereocenters. The van der Waals surface area contributed by atoms with Gasteiger partial charge in [0, 0.05) is 18.7 Å². The number of nitrogens with one attached hydrogen (secondary N) is 1. The molecule has 9 heteroatoms. The average molecular weight is 434 g/mol. The molecule has 0 spiro atoms. The summed E-state index contributed by atoms with van der Waals surface area (Å²) >= 11 is 2.92. The number of benzene rings is 1. The van der Waals surface area contributed by atoms with Crippen molar-refractivity contribution in [3.05, 3.63) is 28.2 Å². The van der Waals surface area contributed by atoms with Gasteiger partial charge in [0.2, 0.25) is 10.0 Å². The second kappa shape index (κ2) is 8.71. The third-order valence-corrected chi connectivity index (χ3v) is 6.30. The van der Waals surface area contributed by atoms with Crippen LogP contribution in [0.5, 0.6) is 0 Å². The molecule has 0 aliphatic carbocycles. The van der Waals surface area contributed by atoms with Crippen molar-refractivity contribution < 1.29 is 17.2 Å². The van der Waals surface area contributed by atoms with Crippen LogP contribution in [0.2, 0.25) is 0 Å². The lowest BCUT2D eigenvalue weighted by atomic mass is 10.1. The largest absolute Gasteiger partial charge is 0.317 e. The highest BCUT2D eigenvalue weighted by atomic mass is 79.9. The normalized spacial score (nSPS) is 16.4. The van der Waals surface area contributed by atoms with Crippen LogP contribution in [0.3, 0.4) is 0 Å². The zero-order valence-corrected chi connectivity index (χ0v) is 15.9. The maximum Gasteiger partial charge on any atom is 0.246 e. The van der Waals surface area contributed by atoms with Crippen molar-refractivity contribution in [3.63, 3.8) is 0 Å². The fourth-order valence-corrected chi connectivity index (χ4v) is 4.99. The SMILES string of the molecule is CCCN(C1CCNCC1)S(=O)(=O)c1cc(Br)c(F)cc1F.Cl. The molecule has 0 amide bonds. The summed E-state index contributed by atoms with van der Waals surface area (Å²) in [4.78, 5) is -0.479. The molecule has 1 fully saturated rings. The van der Waals surface area contributed by atoms with Crippen molar-refractivity contribution in [1.29, 1.82) is 0 Å². The highest BCUT2D eigenvalue weighted by molar-refractivity contribution is 9.10. The van der Waals surface area contributed by atoms with Crippen LogP contribution in [0.1, 0.15) is 26.2 Å². The summed E-state index contributed by atoms with van der Waals surface area (Å²) in [6.07, 6.45) is 2.00. The van der Waals surface area contributed by atoms with E-state index in [1.807, 2.05) is 6.92 Å². The third kappa shape index (κ3) is 4.63. The maximum atomic E-state index is 14.0. The van der Waals surface area contributed by atoms with E-state index >= 15 is 0 Å². The van der Waals surface area contributed by atoms with Crippen LogP contribution < -0.4 is 5.32 Å². The van der Waals surface area contributed by atoms with Gasteiger partial charge in [0.25, 0.3) is 0 Å². The summed E-state index contributed by atoms with van der Waals surface area (Å²) < 4.78 is 54.3. The second-order valence-corrected chi connectivity index (χ2v) is 8.01. The van der Waals surface area contributed by atoms with Crippen molar-refractivity contribution >= 4 is 38.4 Å². The number of rotatable bonds is 5. The smallest absolute Gasteiger partial charge is 0.246 e. The van der Waals surface area contributed by atoms with Crippen LogP contribution in [-0.4, -0.2) is 38.4 Å². The van der Waals surface area contributed by atoms with E-state index in [0.717, 1.165) is 19.2 Å². The van der Waals surface area contributed by atoms with E-state index in [-0.39, 0.29) is 22.9 Å². The first-order valence-corrected chi connectivity index (χ1v) is 9.48. The molecule has 1 heterocycles. The Morgan fingerprint density at radius 1 is 1.26 bits per heavy atom. The Labute approximate surface area is 150 Å². The van der Waals surface area contributed by atoms with Gasteiger partial charge >= 0.3 is 0 Å². The Hall–Kier alpha value is -0.280. The molecular formula is C14H20BrClF2N2O2S. The Balaban J connectivity index is 0.00000264. The minimum atomic E-state index is -4.00. The van der Waals surface area contributed by atoms with Crippen molar-refractivity contribution in [3.8, 4) is 0 Å². The molecule has 1 aromatic carbocycles. The highest BCUT2D eigenvalue weighted by Crippen LogP contribution is 2.28. The predicted molar refractivity (Wildman–Crippen MR) is 91.4 cm³/mol. The van der Waals surface area contributed by atoms with Gasteiger partial charge in [-0.1, -0.05) is 6.92 Å². The average Bonchev–Trinajstić information content (AvgIpc) is 2.49. The second-order valence-electron chi connectivity index (χ2n) is 5.29. The van der Waals surface area contributed by atoms with E-state index < -0.39 is 26.6 Å². The molecule has 1 N–H and O–H groups in total. The number of hydrogen-bond acceptors (Lipinski definition) is 3. The van der Waals surface area contributed by atoms with Crippen molar-refractivity contribution in [2.75, 3.05) is 19.6 Å². The quantitative estimate of drug-likeness (QED) is 0.725. The van der Waals surface area contributed by atoms with Crippen LogP contribution in [0.15, 0.2) is 21.5 Å². The van der Waals surface area contributed by atoms with Gasteiger partial charge in [0.05, 0.1) is 4.47 Å². The Morgan fingerprint density at radius 2 is 1.87 bits per heavy atom. The van der Waals surface area contributed by atoms with E-state index in [0.29, 0.717) is 31.9 Å². The zero-order valence-electron chi connectivity index (χ0n) is 12.7. The molecule has 1 aliphatic rings.